The zero-order valence-electron chi connectivity index (χ0n) is 13.4. The number of nitrogens with zero attached hydrogens (tertiary/aromatic N) is 1. The van der Waals surface area contributed by atoms with Crippen LogP contribution in [0.1, 0.15) is 38.9 Å². The molecule has 0 saturated heterocycles. The fourth-order valence-electron chi connectivity index (χ4n) is 1.79. The van der Waals surface area contributed by atoms with Gasteiger partial charge in [-0.15, -0.1) is 0 Å². The van der Waals surface area contributed by atoms with E-state index in [4.69, 9.17) is 4.74 Å². The van der Waals surface area contributed by atoms with E-state index in [2.05, 4.69) is 29.5 Å². The smallest absolute Gasteiger partial charge is 0.191 e. The van der Waals surface area contributed by atoms with E-state index >= 15 is 0 Å². The highest BCUT2D eigenvalue weighted by molar-refractivity contribution is 5.80. The van der Waals surface area contributed by atoms with E-state index in [1.165, 1.54) is 0 Å². The lowest BCUT2D eigenvalue weighted by molar-refractivity contribution is 0.186. The van der Waals surface area contributed by atoms with E-state index in [1.807, 2.05) is 31.2 Å². The van der Waals surface area contributed by atoms with Crippen LogP contribution in [-0.4, -0.2) is 37.3 Å². The molecule has 0 amide bonds. The number of ether oxygens (including phenoxy) is 1. The van der Waals surface area contributed by atoms with Gasteiger partial charge in [0.2, 0.25) is 0 Å². The van der Waals surface area contributed by atoms with Crippen LogP contribution in [0.2, 0.25) is 0 Å². The summed E-state index contributed by atoms with van der Waals surface area (Å²) in [6.07, 6.45) is 0.371. The molecule has 3 N–H and O–H groups in total. The van der Waals surface area contributed by atoms with Gasteiger partial charge in [0.05, 0.1) is 19.8 Å². The molecule has 0 spiro atoms. The number of hydrogen-bond acceptors (Lipinski definition) is 3. The number of aliphatic hydroxyl groups excluding tert-OH is 1. The van der Waals surface area contributed by atoms with E-state index in [-0.39, 0.29) is 0 Å². The van der Waals surface area contributed by atoms with Gasteiger partial charge < -0.3 is 20.5 Å². The molecule has 1 aromatic rings. The quantitative estimate of drug-likeness (QED) is 0.532. The molecule has 0 aromatic heterocycles. The van der Waals surface area contributed by atoms with Crippen LogP contribution in [0.15, 0.2) is 29.3 Å². The van der Waals surface area contributed by atoms with Crippen molar-refractivity contribution >= 4 is 5.96 Å². The first kappa shape index (κ1) is 17.3. The fourth-order valence-corrected chi connectivity index (χ4v) is 1.79. The third kappa shape index (κ3) is 6.04. The molecule has 0 fully saturated rings. The van der Waals surface area contributed by atoms with Crippen LogP contribution >= 0.6 is 0 Å². The van der Waals surface area contributed by atoms with Crippen molar-refractivity contribution in [2.75, 3.05) is 20.2 Å². The third-order valence-electron chi connectivity index (χ3n) is 3.24. The maximum atomic E-state index is 10.2. The maximum absolute atomic E-state index is 10.2. The van der Waals surface area contributed by atoms with E-state index in [1.54, 1.807) is 7.11 Å². The molecule has 1 aromatic carbocycles. The largest absolute Gasteiger partial charge is 0.497 e. The number of hydrogen-bond donors (Lipinski definition) is 3. The first-order valence-electron chi connectivity index (χ1n) is 7.47. The standard InChI is InChI=1S/C16H27N3O2/c1-5-12(3)19-16(17-6-2)18-11-15(20)13-8-7-9-14(10-13)21-4/h7-10,12,15,20H,5-6,11H2,1-4H3,(H2,17,18,19). The number of aliphatic hydroxyl groups is 1. The van der Waals surface area contributed by atoms with Crippen molar-refractivity contribution in [3.8, 4) is 5.75 Å². The van der Waals surface area contributed by atoms with E-state index in [0.717, 1.165) is 30.2 Å². The number of nitrogens with one attached hydrogen (secondary N) is 2. The summed E-state index contributed by atoms with van der Waals surface area (Å²) in [6.45, 7) is 7.33. The molecule has 21 heavy (non-hydrogen) atoms. The zero-order valence-corrected chi connectivity index (χ0v) is 13.4. The maximum Gasteiger partial charge on any atom is 0.191 e. The van der Waals surface area contributed by atoms with Crippen molar-refractivity contribution in [1.29, 1.82) is 0 Å². The van der Waals surface area contributed by atoms with Gasteiger partial charge in [-0.1, -0.05) is 19.1 Å². The Morgan fingerprint density at radius 3 is 2.76 bits per heavy atom. The Kier molecular flexibility index (Phi) is 7.61. The zero-order chi connectivity index (χ0) is 15.7. The topological polar surface area (TPSA) is 65.9 Å². The number of methoxy groups -OCH3 is 1. The highest BCUT2D eigenvalue weighted by atomic mass is 16.5. The van der Waals surface area contributed by atoms with E-state index < -0.39 is 6.10 Å². The van der Waals surface area contributed by atoms with Gasteiger partial charge >= 0.3 is 0 Å². The molecular formula is C16H27N3O2. The second-order valence-corrected chi connectivity index (χ2v) is 4.97. The molecule has 0 saturated carbocycles. The molecule has 5 nitrogen and oxygen atoms in total. The average molecular weight is 293 g/mol. The monoisotopic (exact) mass is 293 g/mol. The lowest BCUT2D eigenvalue weighted by Crippen LogP contribution is -2.42. The Bertz CT molecular complexity index is 449. The van der Waals surface area contributed by atoms with Crippen molar-refractivity contribution < 1.29 is 9.84 Å². The highest BCUT2D eigenvalue weighted by Gasteiger charge is 2.09. The van der Waals surface area contributed by atoms with Crippen molar-refractivity contribution in [3.63, 3.8) is 0 Å². The van der Waals surface area contributed by atoms with Gasteiger partial charge in [-0.2, -0.15) is 0 Å². The number of guanidine groups is 1. The predicted molar refractivity (Wildman–Crippen MR) is 86.8 cm³/mol. The normalized spacial score (nSPS) is 14.4. The molecule has 5 heteroatoms. The number of rotatable bonds is 7. The van der Waals surface area contributed by atoms with Crippen molar-refractivity contribution in [2.24, 2.45) is 4.99 Å². The molecule has 1 rings (SSSR count). The fraction of sp³-hybridized carbons (Fsp3) is 0.562. The van der Waals surface area contributed by atoms with Crippen molar-refractivity contribution in [2.45, 2.75) is 39.3 Å². The number of aliphatic imine (C=N–C) groups is 1. The Labute approximate surface area is 127 Å². The molecule has 0 bridgehead atoms. The molecule has 2 unspecified atom stereocenters. The van der Waals surface area contributed by atoms with Crippen LogP contribution in [0.4, 0.5) is 0 Å². The van der Waals surface area contributed by atoms with Crippen LogP contribution in [0, 0.1) is 0 Å². The predicted octanol–water partition coefficient (Wildman–Crippen LogP) is 2.08. The highest BCUT2D eigenvalue weighted by Crippen LogP contribution is 2.19. The lowest BCUT2D eigenvalue weighted by atomic mass is 10.1. The second-order valence-electron chi connectivity index (χ2n) is 4.97. The van der Waals surface area contributed by atoms with Gasteiger partial charge in [-0.05, 0) is 38.0 Å². The Morgan fingerprint density at radius 1 is 1.38 bits per heavy atom. The summed E-state index contributed by atoms with van der Waals surface area (Å²) in [7, 11) is 1.61. The van der Waals surface area contributed by atoms with Gasteiger partial charge in [0, 0.05) is 12.6 Å². The summed E-state index contributed by atoms with van der Waals surface area (Å²) in [5, 5.41) is 16.7. The Morgan fingerprint density at radius 2 is 2.14 bits per heavy atom. The summed E-state index contributed by atoms with van der Waals surface area (Å²) >= 11 is 0. The summed E-state index contributed by atoms with van der Waals surface area (Å²) in [6, 6.07) is 7.77. The average Bonchev–Trinajstić information content (AvgIpc) is 2.52. The van der Waals surface area contributed by atoms with Gasteiger partial charge in [-0.3, -0.25) is 4.99 Å². The SMILES string of the molecule is CCNC(=NCC(O)c1cccc(OC)c1)NC(C)CC. The summed E-state index contributed by atoms with van der Waals surface area (Å²) < 4.78 is 5.16. The second kappa shape index (κ2) is 9.23. The van der Waals surface area contributed by atoms with Gasteiger partial charge in [-0.25, -0.2) is 0 Å². The molecule has 0 aliphatic carbocycles. The van der Waals surface area contributed by atoms with E-state index in [9.17, 15) is 5.11 Å². The minimum atomic E-state index is -0.646. The Hall–Kier alpha value is -1.75. The summed E-state index contributed by atoms with van der Waals surface area (Å²) in [4.78, 5) is 4.44. The van der Waals surface area contributed by atoms with Crippen LogP contribution in [0.3, 0.4) is 0 Å². The Balaban J connectivity index is 2.69. The van der Waals surface area contributed by atoms with Crippen LogP contribution in [-0.2, 0) is 0 Å². The first-order chi connectivity index (χ1) is 10.1. The van der Waals surface area contributed by atoms with Crippen LogP contribution < -0.4 is 15.4 Å². The minimum Gasteiger partial charge on any atom is -0.497 e. The number of benzene rings is 1. The summed E-state index contributed by atoms with van der Waals surface area (Å²) in [5.41, 5.74) is 0.803. The molecule has 2 atom stereocenters. The van der Waals surface area contributed by atoms with Crippen molar-refractivity contribution in [3.05, 3.63) is 29.8 Å². The molecule has 0 radical (unpaired) electrons. The van der Waals surface area contributed by atoms with Crippen LogP contribution in [0.5, 0.6) is 5.75 Å². The van der Waals surface area contributed by atoms with Crippen LogP contribution in [0.25, 0.3) is 0 Å². The van der Waals surface area contributed by atoms with E-state index in [0.29, 0.717) is 12.6 Å². The first-order valence-corrected chi connectivity index (χ1v) is 7.47. The third-order valence-corrected chi connectivity index (χ3v) is 3.24. The lowest BCUT2D eigenvalue weighted by Gasteiger charge is -2.17. The van der Waals surface area contributed by atoms with Gasteiger partial charge in [0.1, 0.15) is 5.75 Å². The molecule has 118 valence electrons. The molecule has 0 heterocycles. The summed E-state index contributed by atoms with van der Waals surface area (Å²) in [5.74, 6) is 1.47. The molecule has 0 aliphatic heterocycles. The molecular weight excluding hydrogens is 266 g/mol. The van der Waals surface area contributed by atoms with Gasteiger partial charge in [0.25, 0.3) is 0 Å². The van der Waals surface area contributed by atoms with Crippen molar-refractivity contribution in [1.82, 2.24) is 10.6 Å². The molecule has 0 aliphatic rings. The van der Waals surface area contributed by atoms with Gasteiger partial charge in [0.15, 0.2) is 5.96 Å². The minimum absolute atomic E-state index is 0.304.